The number of hydrogen-bond donors (Lipinski definition) is 2. The molecule has 0 radical (unpaired) electrons. The highest BCUT2D eigenvalue weighted by atomic mass is 16.4. The summed E-state index contributed by atoms with van der Waals surface area (Å²) < 4.78 is 1.72. The van der Waals surface area contributed by atoms with Crippen molar-refractivity contribution in [1.29, 1.82) is 5.26 Å². The molecule has 2 N–H and O–H groups in total. The van der Waals surface area contributed by atoms with E-state index < -0.39 is 11.9 Å². The molecule has 0 atom stereocenters. The Hall–Kier alpha value is -4.11. The molecular formula is C23H19N3O3. The molecule has 0 saturated heterocycles. The van der Waals surface area contributed by atoms with E-state index in [9.17, 15) is 20.0 Å². The van der Waals surface area contributed by atoms with E-state index >= 15 is 0 Å². The summed E-state index contributed by atoms with van der Waals surface area (Å²) in [7, 11) is 0. The van der Waals surface area contributed by atoms with Crippen molar-refractivity contribution >= 4 is 23.6 Å². The third kappa shape index (κ3) is 4.60. The van der Waals surface area contributed by atoms with E-state index in [-0.39, 0.29) is 11.1 Å². The lowest BCUT2D eigenvalue weighted by Gasteiger charge is -2.09. The number of nitrogens with one attached hydrogen (secondary N) is 1. The molecule has 0 bridgehead atoms. The second kappa shape index (κ2) is 8.72. The van der Waals surface area contributed by atoms with Gasteiger partial charge in [-0.25, -0.2) is 4.79 Å². The van der Waals surface area contributed by atoms with Crippen molar-refractivity contribution in [3.05, 3.63) is 89.3 Å². The molecule has 0 saturated carbocycles. The number of aryl methyl sites for hydroxylation is 1. The van der Waals surface area contributed by atoms with Crippen LogP contribution in [0.5, 0.6) is 0 Å². The van der Waals surface area contributed by atoms with Crippen molar-refractivity contribution in [2.45, 2.75) is 13.3 Å². The van der Waals surface area contributed by atoms with E-state index in [0.29, 0.717) is 17.1 Å². The van der Waals surface area contributed by atoms with Gasteiger partial charge < -0.3 is 15.0 Å². The summed E-state index contributed by atoms with van der Waals surface area (Å²) in [5.74, 6) is -1.54. The number of benzene rings is 2. The first-order valence-electron chi connectivity index (χ1n) is 9.05. The molecule has 1 amide bonds. The number of rotatable bonds is 6. The molecule has 0 fully saturated rings. The van der Waals surface area contributed by atoms with Gasteiger partial charge in [0.25, 0.3) is 5.91 Å². The Bertz CT molecular complexity index is 1120. The number of nitriles is 1. The highest BCUT2D eigenvalue weighted by Gasteiger charge is 2.12. The Morgan fingerprint density at radius 2 is 1.90 bits per heavy atom. The van der Waals surface area contributed by atoms with Crippen LogP contribution in [0.4, 0.5) is 5.69 Å². The predicted molar refractivity (Wildman–Crippen MR) is 111 cm³/mol. The minimum atomic E-state index is -1.03. The maximum atomic E-state index is 12.5. The number of aromatic nitrogens is 1. The first-order chi connectivity index (χ1) is 14.0. The number of nitrogens with zero attached hydrogens (tertiary/aromatic N) is 2. The summed E-state index contributed by atoms with van der Waals surface area (Å²) in [4.78, 5) is 23.7. The van der Waals surface area contributed by atoms with Gasteiger partial charge in [0.2, 0.25) is 0 Å². The number of amides is 1. The molecule has 0 aliphatic carbocycles. The van der Waals surface area contributed by atoms with Crippen LogP contribution in [0.1, 0.15) is 28.5 Å². The summed E-state index contributed by atoms with van der Waals surface area (Å²) in [6, 6.07) is 19.3. The second-order valence-electron chi connectivity index (χ2n) is 6.33. The molecule has 2 aromatic carbocycles. The zero-order chi connectivity index (χ0) is 20.8. The van der Waals surface area contributed by atoms with E-state index in [1.807, 2.05) is 25.1 Å². The topological polar surface area (TPSA) is 95.1 Å². The van der Waals surface area contributed by atoms with Gasteiger partial charge in [-0.15, -0.1) is 0 Å². The maximum absolute atomic E-state index is 12.5. The molecule has 3 aromatic rings. The maximum Gasteiger partial charge on any atom is 0.335 e. The Kier molecular flexibility index (Phi) is 5.91. The fourth-order valence-electron chi connectivity index (χ4n) is 2.85. The predicted octanol–water partition coefficient (Wildman–Crippen LogP) is 4.28. The summed E-state index contributed by atoms with van der Waals surface area (Å²) in [6.07, 6.45) is 4.12. The molecular weight excluding hydrogens is 366 g/mol. The molecule has 6 nitrogen and oxygen atoms in total. The largest absolute Gasteiger partial charge is 0.478 e. The van der Waals surface area contributed by atoms with Gasteiger partial charge in [-0.2, -0.15) is 5.26 Å². The zero-order valence-electron chi connectivity index (χ0n) is 15.8. The standard InChI is InChI=1S/C23H19N3O3/c1-2-16-8-10-19(11-9-16)25-22(27)18(15-24)14-21-7-4-12-26(21)20-6-3-5-17(13-20)23(28)29/h3-14H,2H2,1H3,(H,25,27)(H,28,29)/b18-14+. The SMILES string of the molecule is CCc1ccc(NC(=O)/C(C#N)=C/c2cccn2-c2cccc(C(=O)O)c2)cc1. The lowest BCUT2D eigenvalue weighted by Crippen LogP contribution is -2.13. The van der Waals surface area contributed by atoms with E-state index in [2.05, 4.69) is 5.32 Å². The number of carboxylic acids is 1. The van der Waals surface area contributed by atoms with Gasteiger partial charge in [-0.1, -0.05) is 25.1 Å². The van der Waals surface area contributed by atoms with Crippen molar-refractivity contribution < 1.29 is 14.7 Å². The van der Waals surface area contributed by atoms with Crippen molar-refractivity contribution in [2.24, 2.45) is 0 Å². The Balaban J connectivity index is 1.87. The summed E-state index contributed by atoms with van der Waals surface area (Å²) in [6.45, 7) is 2.05. The fraction of sp³-hybridized carbons (Fsp3) is 0.0870. The van der Waals surface area contributed by atoms with Gasteiger partial charge in [0.15, 0.2) is 0 Å². The van der Waals surface area contributed by atoms with Crippen molar-refractivity contribution in [3.63, 3.8) is 0 Å². The summed E-state index contributed by atoms with van der Waals surface area (Å²) in [5, 5.41) is 21.4. The normalized spacial score (nSPS) is 11.0. The monoisotopic (exact) mass is 385 g/mol. The Morgan fingerprint density at radius 1 is 1.14 bits per heavy atom. The van der Waals surface area contributed by atoms with E-state index in [1.54, 1.807) is 47.2 Å². The van der Waals surface area contributed by atoms with Crippen LogP contribution in [-0.2, 0) is 11.2 Å². The van der Waals surface area contributed by atoms with E-state index in [1.165, 1.54) is 18.2 Å². The minimum absolute atomic E-state index is 0.0566. The van der Waals surface area contributed by atoms with Crippen LogP contribution in [0, 0.1) is 11.3 Å². The number of carbonyl (C=O) groups is 2. The first kappa shape index (κ1) is 19.6. The fourth-order valence-corrected chi connectivity index (χ4v) is 2.85. The van der Waals surface area contributed by atoms with Crippen LogP contribution in [0.3, 0.4) is 0 Å². The van der Waals surface area contributed by atoms with Crippen molar-refractivity contribution in [2.75, 3.05) is 5.32 Å². The average Bonchev–Trinajstić information content (AvgIpc) is 3.20. The molecule has 144 valence electrons. The molecule has 0 aliphatic rings. The van der Waals surface area contributed by atoms with Gasteiger partial charge in [0, 0.05) is 23.3 Å². The third-order valence-corrected chi connectivity index (χ3v) is 4.43. The third-order valence-electron chi connectivity index (χ3n) is 4.43. The van der Waals surface area contributed by atoms with Crippen molar-refractivity contribution in [3.8, 4) is 11.8 Å². The lowest BCUT2D eigenvalue weighted by molar-refractivity contribution is -0.112. The smallest absolute Gasteiger partial charge is 0.335 e. The Labute approximate surface area is 168 Å². The molecule has 1 heterocycles. The minimum Gasteiger partial charge on any atom is -0.478 e. The zero-order valence-corrected chi connectivity index (χ0v) is 15.8. The lowest BCUT2D eigenvalue weighted by atomic mass is 10.1. The van der Waals surface area contributed by atoms with Gasteiger partial charge in [0.1, 0.15) is 11.6 Å². The Morgan fingerprint density at radius 3 is 2.55 bits per heavy atom. The molecule has 6 heteroatoms. The number of carboxylic acid groups (broad SMARTS) is 1. The van der Waals surface area contributed by atoms with Crippen LogP contribution >= 0.6 is 0 Å². The summed E-state index contributed by atoms with van der Waals surface area (Å²) in [5.41, 5.74) is 3.06. The van der Waals surface area contributed by atoms with Gasteiger partial charge in [-0.05, 0) is 60.5 Å². The molecule has 0 unspecified atom stereocenters. The number of carbonyl (C=O) groups excluding carboxylic acids is 1. The van der Waals surface area contributed by atoms with E-state index in [0.717, 1.165) is 12.0 Å². The molecule has 3 rings (SSSR count). The number of hydrogen-bond acceptors (Lipinski definition) is 3. The first-order valence-corrected chi connectivity index (χ1v) is 9.05. The second-order valence-corrected chi connectivity index (χ2v) is 6.33. The quantitative estimate of drug-likeness (QED) is 0.489. The molecule has 0 spiro atoms. The van der Waals surface area contributed by atoms with Crippen LogP contribution in [0.2, 0.25) is 0 Å². The van der Waals surface area contributed by atoms with Crippen LogP contribution in [-0.4, -0.2) is 21.6 Å². The highest BCUT2D eigenvalue weighted by molar-refractivity contribution is 6.09. The van der Waals surface area contributed by atoms with Crippen LogP contribution in [0.25, 0.3) is 11.8 Å². The highest BCUT2D eigenvalue weighted by Crippen LogP contribution is 2.18. The van der Waals surface area contributed by atoms with Crippen LogP contribution < -0.4 is 5.32 Å². The number of anilines is 1. The van der Waals surface area contributed by atoms with E-state index in [4.69, 9.17) is 0 Å². The van der Waals surface area contributed by atoms with Gasteiger partial charge in [-0.3, -0.25) is 4.79 Å². The van der Waals surface area contributed by atoms with Gasteiger partial charge in [0.05, 0.1) is 5.56 Å². The summed E-state index contributed by atoms with van der Waals surface area (Å²) >= 11 is 0. The molecule has 29 heavy (non-hydrogen) atoms. The molecule has 1 aromatic heterocycles. The average molecular weight is 385 g/mol. The number of aromatic carboxylic acids is 1. The van der Waals surface area contributed by atoms with Crippen LogP contribution in [0.15, 0.2) is 72.4 Å². The van der Waals surface area contributed by atoms with Gasteiger partial charge >= 0.3 is 5.97 Å². The van der Waals surface area contributed by atoms with Crippen molar-refractivity contribution in [1.82, 2.24) is 4.57 Å². The molecule has 0 aliphatic heterocycles.